The summed E-state index contributed by atoms with van der Waals surface area (Å²) in [4.78, 5) is 81.4. The molecule has 0 aliphatic heterocycles. The van der Waals surface area contributed by atoms with E-state index in [1.54, 1.807) is 83.1 Å². The van der Waals surface area contributed by atoms with Gasteiger partial charge in [-0.2, -0.15) is 0 Å². The first-order chi connectivity index (χ1) is 33.6. The fourth-order valence-electron chi connectivity index (χ4n) is 6.81. The van der Waals surface area contributed by atoms with Crippen LogP contribution in [0.25, 0.3) is 12.2 Å². The number of carbonyl (C=O) groups excluding carboxylic acids is 6. The number of anilines is 2. The number of nitrogens with zero attached hydrogens (tertiary/aromatic N) is 2. The number of unbranched alkanes of at least 4 members (excludes halogenated alkanes) is 2. The molecule has 2 aromatic rings. The minimum absolute atomic E-state index is 0.0925. The molecule has 0 radical (unpaired) electrons. The minimum Gasteiger partial charge on any atom is -0.462 e. The molecule has 0 spiro atoms. The summed E-state index contributed by atoms with van der Waals surface area (Å²) in [7, 11) is 0. The van der Waals surface area contributed by atoms with E-state index in [4.69, 9.17) is 28.4 Å². The van der Waals surface area contributed by atoms with Gasteiger partial charge in [0.25, 0.3) is 0 Å². The second-order valence-corrected chi connectivity index (χ2v) is 21.3. The molecule has 72 heavy (non-hydrogen) atoms. The Kier molecular flexibility index (Phi) is 25.8. The first-order valence-corrected chi connectivity index (χ1v) is 25.2. The highest BCUT2D eigenvalue weighted by atomic mass is 16.6. The lowest BCUT2D eigenvalue weighted by Crippen LogP contribution is -2.45. The summed E-state index contributed by atoms with van der Waals surface area (Å²) < 4.78 is 33.0. The van der Waals surface area contributed by atoms with E-state index in [1.165, 1.54) is 0 Å². The van der Waals surface area contributed by atoms with Crippen LogP contribution in [0, 0.1) is 0 Å². The van der Waals surface area contributed by atoms with E-state index in [1.807, 2.05) is 41.3 Å². The number of hydrogen-bond acceptors (Lipinski definition) is 14. The van der Waals surface area contributed by atoms with Crippen LogP contribution in [-0.4, -0.2) is 123 Å². The second kappa shape index (κ2) is 30.0. The fourth-order valence-corrected chi connectivity index (χ4v) is 6.81. The number of esters is 2. The summed E-state index contributed by atoms with van der Waals surface area (Å²) in [6.07, 6.45) is 3.73. The number of benzene rings is 2. The first kappa shape index (κ1) is 61.9. The van der Waals surface area contributed by atoms with Gasteiger partial charge in [0.05, 0.1) is 13.1 Å². The molecule has 18 nitrogen and oxygen atoms in total. The predicted molar refractivity (Wildman–Crippen MR) is 282 cm³/mol. The van der Waals surface area contributed by atoms with Crippen LogP contribution in [-0.2, 0) is 38.0 Å². The lowest BCUT2D eigenvalue weighted by atomic mass is 10.1. The highest BCUT2D eigenvalue weighted by molar-refractivity contribution is 5.82. The molecule has 0 aromatic heterocycles. The van der Waals surface area contributed by atoms with Crippen LogP contribution in [0.15, 0.2) is 48.5 Å². The van der Waals surface area contributed by atoms with E-state index in [0.29, 0.717) is 38.8 Å². The highest BCUT2D eigenvalue weighted by Crippen LogP contribution is 2.20. The molecule has 0 saturated heterocycles. The SMILES string of the molecule is CCN(CC)c1ccc(C=Cc2ccc(N(CCOC(=O)C(CCCCNC(=O)OC(C)(C)C)NC(=O)OC(C)(C)C)CCOC(=O)C(CCCCNC(=O)OC(C)(C)C)NC(=O)OC(C)(C)C)cc2)cc1. The Morgan fingerprint density at radius 1 is 0.472 bits per heavy atom. The van der Waals surface area contributed by atoms with E-state index in [-0.39, 0.29) is 39.1 Å². The number of carbonyl (C=O) groups is 6. The van der Waals surface area contributed by atoms with Crippen LogP contribution in [0.5, 0.6) is 0 Å². The van der Waals surface area contributed by atoms with E-state index in [9.17, 15) is 28.8 Å². The van der Waals surface area contributed by atoms with Crippen molar-refractivity contribution >= 4 is 59.8 Å². The van der Waals surface area contributed by atoms with Gasteiger partial charge in [-0.25, -0.2) is 28.8 Å². The largest absolute Gasteiger partial charge is 0.462 e. The van der Waals surface area contributed by atoms with Gasteiger partial charge in [-0.05, 0) is 171 Å². The zero-order valence-electron chi connectivity index (χ0n) is 45.6. The quantitative estimate of drug-likeness (QED) is 0.0299. The topological polar surface area (TPSA) is 212 Å². The van der Waals surface area contributed by atoms with Crippen LogP contribution in [0.4, 0.5) is 30.6 Å². The number of hydrogen-bond donors (Lipinski definition) is 4. The molecule has 0 bridgehead atoms. The van der Waals surface area contributed by atoms with Gasteiger partial charge in [-0.3, -0.25) is 0 Å². The third-order valence-electron chi connectivity index (χ3n) is 10.1. The van der Waals surface area contributed by atoms with Crippen LogP contribution in [0.1, 0.15) is 147 Å². The van der Waals surface area contributed by atoms with Crippen molar-refractivity contribution in [3.05, 3.63) is 59.7 Å². The Morgan fingerprint density at radius 2 is 0.792 bits per heavy atom. The van der Waals surface area contributed by atoms with Gasteiger partial charge >= 0.3 is 36.3 Å². The number of amides is 4. The smallest absolute Gasteiger partial charge is 0.408 e. The minimum atomic E-state index is -1.04. The highest BCUT2D eigenvalue weighted by Gasteiger charge is 2.28. The third-order valence-corrected chi connectivity index (χ3v) is 10.1. The maximum atomic E-state index is 13.6. The average Bonchev–Trinajstić information content (AvgIpc) is 3.25. The Hall–Kier alpha value is -6.20. The monoisotopic (exact) mass is 1010 g/mol. The van der Waals surface area contributed by atoms with Gasteiger partial charge in [0, 0.05) is 37.6 Å². The standard InChI is InChI=1S/C54H86N6O12/c1-15-59(16-2)41-29-25-39(26-30-41)23-24-40-27-31-42(32-28-40)60(35-37-67-45(61)43(57-49(65)71-53(9,10)11)21-17-19-33-55-47(63)69-51(3,4)5)36-38-68-46(62)44(58-50(66)72-54(12,13)14)22-18-20-34-56-48(64)70-52(6,7)8/h23-32,43-44H,15-22,33-38H2,1-14H3,(H,55,63)(H,56,64)(H,57,65)(H,58,66). The van der Waals surface area contributed by atoms with Crippen molar-refractivity contribution in [3.8, 4) is 0 Å². The van der Waals surface area contributed by atoms with Crippen LogP contribution < -0.4 is 31.1 Å². The number of rotatable bonds is 26. The van der Waals surface area contributed by atoms with E-state index in [0.717, 1.165) is 35.6 Å². The van der Waals surface area contributed by atoms with Crippen molar-refractivity contribution < 1.29 is 57.2 Å². The summed E-state index contributed by atoms with van der Waals surface area (Å²) in [5, 5.41) is 10.7. The zero-order valence-corrected chi connectivity index (χ0v) is 45.6. The van der Waals surface area contributed by atoms with Crippen molar-refractivity contribution in [1.82, 2.24) is 21.3 Å². The van der Waals surface area contributed by atoms with Crippen LogP contribution in [0.2, 0.25) is 0 Å². The fraction of sp³-hybridized carbons (Fsp3) is 0.630. The van der Waals surface area contributed by atoms with Crippen molar-refractivity contribution in [2.75, 3.05) is 62.3 Å². The van der Waals surface area contributed by atoms with Gasteiger partial charge in [-0.1, -0.05) is 36.4 Å². The second-order valence-electron chi connectivity index (χ2n) is 21.3. The maximum Gasteiger partial charge on any atom is 0.408 e. The average molecular weight is 1010 g/mol. The summed E-state index contributed by atoms with van der Waals surface area (Å²) in [6.45, 7) is 27.8. The van der Waals surface area contributed by atoms with Gasteiger partial charge < -0.3 is 59.5 Å². The lowest BCUT2D eigenvalue weighted by Gasteiger charge is -2.26. The summed E-state index contributed by atoms with van der Waals surface area (Å²) in [5.74, 6) is -1.34. The van der Waals surface area contributed by atoms with Crippen molar-refractivity contribution in [1.29, 1.82) is 0 Å². The first-order valence-electron chi connectivity index (χ1n) is 25.2. The van der Waals surface area contributed by atoms with E-state index < -0.39 is 70.8 Å². The molecule has 0 aliphatic rings. The molecule has 4 N–H and O–H groups in total. The predicted octanol–water partition coefficient (Wildman–Crippen LogP) is 9.77. The molecule has 0 fully saturated rings. The van der Waals surface area contributed by atoms with Gasteiger partial charge in [0.1, 0.15) is 47.7 Å². The Morgan fingerprint density at radius 3 is 1.11 bits per heavy atom. The summed E-state index contributed by atoms with van der Waals surface area (Å²) >= 11 is 0. The van der Waals surface area contributed by atoms with Crippen molar-refractivity contribution in [2.45, 2.75) is 170 Å². The lowest BCUT2D eigenvalue weighted by molar-refractivity contribution is -0.146. The molecular formula is C54H86N6O12. The van der Waals surface area contributed by atoms with Crippen molar-refractivity contribution in [2.24, 2.45) is 0 Å². The molecular weight excluding hydrogens is 925 g/mol. The molecule has 2 unspecified atom stereocenters. The molecule has 18 heteroatoms. The molecule has 2 atom stereocenters. The van der Waals surface area contributed by atoms with Gasteiger partial charge in [0.2, 0.25) is 0 Å². The number of ether oxygens (including phenoxy) is 6. The normalized spacial score (nSPS) is 12.7. The van der Waals surface area contributed by atoms with Crippen molar-refractivity contribution in [3.63, 3.8) is 0 Å². The Bertz CT molecular complexity index is 1920. The van der Waals surface area contributed by atoms with Gasteiger partial charge in [-0.15, -0.1) is 0 Å². The third kappa shape index (κ3) is 28.0. The van der Waals surface area contributed by atoms with Gasteiger partial charge in [0.15, 0.2) is 0 Å². The van der Waals surface area contributed by atoms with E-state index in [2.05, 4.69) is 64.3 Å². The van der Waals surface area contributed by atoms with Crippen LogP contribution in [0.3, 0.4) is 0 Å². The Balaban J connectivity index is 2.27. The molecule has 404 valence electrons. The molecule has 2 aromatic carbocycles. The zero-order chi connectivity index (χ0) is 54.1. The summed E-state index contributed by atoms with van der Waals surface area (Å²) in [5.41, 5.74) is 0.995. The van der Waals surface area contributed by atoms with Crippen LogP contribution >= 0.6 is 0 Å². The molecule has 0 heterocycles. The molecule has 0 saturated carbocycles. The molecule has 4 amide bonds. The number of nitrogens with one attached hydrogen (secondary N) is 4. The van der Waals surface area contributed by atoms with E-state index >= 15 is 0 Å². The molecule has 0 aliphatic carbocycles. The molecule has 2 rings (SSSR count). The maximum absolute atomic E-state index is 13.6. The number of alkyl carbamates (subject to hydrolysis) is 4. The Labute approximate surface area is 428 Å². The summed E-state index contributed by atoms with van der Waals surface area (Å²) in [6, 6.07) is 14.0.